The van der Waals surface area contributed by atoms with Gasteiger partial charge in [0.2, 0.25) is 0 Å². The molecule has 1 aromatic rings. The summed E-state index contributed by atoms with van der Waals surface area (Å²) < 4.78 is 10.1. The summed E-state index contributed by atoms with van der Waals surface area (Å²) in [7, 11) is 0. The second kappa shape index (κ2) is 10.8. The molecule has 0 unspecified atom stereocenters. The first-order valence-electron chi connectivity index (χ1n) is 7.70. The van der Waals surface area contributed by atoms with Crippen LogP contribution in [0.15, 0.2) is 30.3 Å². The van der Waals surface area contributed by atoms with Gasteiger partial charge in [-0.1, -0.05) is 19.1 Å². The Hall–Kier alpha value is -2.83. The summed E-state index contributed by atoms with van der Waals surface area (Å²) in [6, 6.07) is 6.55. The molecule has 1 rings (SSSR count). The first-order valence-corrected chi connectivity index (χ1v) is 7.70. The average molecular weight is 334 g/mol. The fourth-order valence-corrected chi connectivity index (χ4v) is 1.64. The maximum Gasteiger partial charge on any atom is 0.331 e. The van der Waals surface area contributed by atoms with Gasteiger partial charge in [0.15, 0.2) is 6.61 Å². The van der Waals surface area contributed by atoms with Gasteiger partial charge in [0.05, 0.1) is 6.61 Å². The first kappa shape index (κ1) is 19.2. The Morgan fingerprint density at radius 3 is 2.46 bits per heavy atom. The molecule has 1 aromatic carbocycles. The molecule has 0 aliphatic rings. The molecule has 0 radical (unpaired) electrons. The maximum absolute atomic E-state index is 11.5. The van der Waals surface area contributed by atoms with E-state index in [1.165, 1.54) is 6.08 Å². The van der Waals surface area contributed by atoms with Gasteiger partial charge in [-0.15, -0.1) is 0 Å². The van der Waals surface area contributed by atoms with Crippen LogP contribution in [0.4, 0.5) is 4.79 Å². The van der Waals surface area contributed by atoms with Gasteiger partial charge >= 0.3 is 12.0 Å². The predicted molar refractivity (Wildman–Crippen MR) is 89.4 cm³/mol. The standard InChI is InChI=1S/C17H22N2O5/c1-3-11-18-17(22)19-15(20)12-24-16(21)10-7-13-5-8-14(9-6-13)23-4-2/h5-10H,3-4,11-12H2,1-2H3,(H2,18,19,20,22)/b10-7+. The normalized spacial score (nSPS) is 10.2. The van der Waals surface area contributed by atoms with E-state index in [0.717, 1.165) is 17.7 Å². The average Bonchev–Trinajstić information content (AvgIpc) is 2.57. The molecule has 0 aliphatic carbocycles. The number of esters is 1. The van der Waals surface area contributed by atoms with Crippen LogP contribution in [-0.4, -0.2) is 37.7 Å². The number of rotatable bonds is 8. The largest absolute Gasteiger partial charge is 0.494 e. The third-order valence-corrected chi connectivity index (χ3v) is 2.74. The van der Waals surface area contributed by atoms with Crippen LogP contribution in [0.3, 0.4) is 0 Å². The van der Waals surface area contributed by atoms with Gasteiger partial charge in [0.1, 0.15) is 5.75 Å². The van der Waals surface area contributed by atoms with E-state index in [-0.39, 0.29) is 0 Å². The summed E-state index contributed by atoms with van der Waals surface area (Å²) in [5.41, 5.74) is 0.791. The molecule has 0 saturated heterocycles. The zero-order chi connectivity index (χ0) is 17.8. The molecule has 0 heterocycles. The highest BCUT2D eigenvalue weighted by Gasteiger charge is 2.08. The highest BCUT2D eigenvalue weighted by molar-refractivity contribution is 5.96. The molecule has 0 aromatic heterocycles. The van der Waals surface area contributed by atoms with Crippen molar-refractivity contribution in [3.05, 3.63) is 35.9 Å². The second-order valence-corrected chi connectivity index (χ2v) is 4.75. The summed E-state index contributed by atoms with van der Waals surface area (Å²) in [5, 5.41) is 4.53. The molecule has 2 N–H and O–H groups in total. The Balaban J connectivity index is 2.34. The van der Waals surface area contributed by atoms with Crippen LogP contribution in [0.2, 0.25) is 0 Å². The van der Waals surface area contributed by atoms with E-state index in [9.17, 15) is 14.4 Å². The van der Waals surface area contributed by atoms with Crippen LogP contribution in [0.25, 0.3) is 6.08 Å². The summed E-state index contributed by atoms with van der Waals surface area (Å²) in [6.45, 7) is 4.31. The van der Waals surface area contributed by atoms with Crippen molar-refractivity contribution in [1.29, 1.82) is 0 Å². The van der Waals surface area contributed by atoms with Crippen molar-refractivity contribution >= 4 is 24.0 Å². The van der Waals surface area contributed by atoms with E-state index < -0.39 is 24.5 Å². The Kier molecular flexibility index (Phi) is 8.67. The molecule has 0 spiro atoms. The minimum atomic E-state index is -0.688. The van der Waals surface area contributed by atoms with Gasteiger partial charge in [-0.25, -0.2) is 9.59 Å². The molecule has 0 aliphatic heterocycles. The Labute approximate surface area is 141 Å². The molecule has 0 atom stereocenters. The number of hydrogen-bond acceptors (Lipinski definition) is 5. The third kappa shape index (κ3) is 7.98. The fourth-order valence-electron chi connectivity index (χ4n) is 1.64. The number of benzene rings is 1. The van der Waals surface area contributed by atoms with Crippen molar-refractivity contribution in [3.63, 3.8) is 0 Å². The molecule has 24 heavy (non-hydrogen) atoms. The van der Waals surface area contributed by atoms with Crippen molar-refractivity contribution in [2.45, 2.75) is 20.3 Å². The lowest BCUT2D eigenvalue weighted by atomic mass is 10.2. The van der Waals surface area contributed by atoms with Crippen molar-refractivity contribution in [2.75, 3.05) is 19.8 Å². The van der Waals surface area contributed by atoms with Crippen molar-refractivity contribution < 1.29 is 23.9 Å². The van der Waals surface area contributed by atoms with Gasteiger partial charge < -0.3 is 14.8 Å². The molecule has 3 amide bonds. The molecular formula is C17H22N2O5. The van der Waals surface area contributed by atoms with Gasteiger partial charge in [0, 0.05) is 12.6 Å². The maximum atomic E-state index is 11.5. The zero-order valence-electron chi connectivity index (χ0n) is 13.8. The number of hydrogen-bond donors (Lipinski definition) is 2. The molecule has 130 valence electrons. The predicted octanol–water partition coefficient (Wildman–Crippen LogP) is 1.88. The topological polar surface area (TPSA) is 93.7 Å². The van der Waals surface area contributed by atoms with Crippen LogP contribution in [0.5, 0.6) is 5.75 Å². The Bertz CT molecular complexity index is 581. The Morgan fingerprint density at radius 1 is 1.12 bits per heavy atom. The van der Waals surface area contributed by atoms with Gasteiger partial charge in [-0.3, -0.25) is 10.1 Å². The van der Waals surface area contributed by atoms with Crippen LogP contribution in [0, 0.1) is 0 Å². The highest BCUT2D eigenvalue weighted by atomic mass is 16.5. The highest BCUT2D eigenvalue weighted by Crippen LogP contribution is 2.12. The van der Waals surface area contributed by atoms with E-state index in [4.69, 9.17) is 9.47 Å². The number of amides is 3. The minimum Gasteiger partial charge on any atom is -0.494 e. The third-order valence-electron chi connectivity index (χ3n) is 2.74. The molecular weight excluding hydrogens is 312 g/mol. The zero-order valence-corrected chi connectivity index (χ0v) is 13.8. The summed E-state index contributed by atoms with van der Waals surface area (Å²) in [4.78, 5) is 34.2. The molecule has 7 nitrogen and oxygen atoms in total. The summed E-state index contributed by atoms with van der Waals surface area (Å²) in [6.07, 6.45) is 3.52. The number of imide groups is 1. The van der Waals surface area contributed by atoms with Gasteiger partial charge in [0.25, 0.3) is 5.91 Å². The number of ether oxygens (including phenoxy) is 2. The lowest BCUT2D eigenvalue weighted by Gasteiger charge is -2.05. The van der Waals surface area contributed by atoms with E-state index in [1.807, 2.05) is 13.8 Å². The van der Waals surface area contributed by atoms with Crippen LogP contribution in [-0.2, 0) is 14.3 Å². The molecule has 7 heteroatoms. The van der Waals surface area contributed by atoms with E-state index in [0.29, 0.717) is 13.2 Å². The summed E-state index contributed by atoms with van der Waals surface area (Å²) in [5.74, 6) is -0.616. The monoisotopic (exact) mass is 334 g/mol. The number of urea groups is 1. The van der Waals surface area contributed by atoms with Gasteiger partial charge in [-0.2, -0.15) is 0 Å². The van der Waals surface area contributed by atoms with Crippen LogP contribution < -0.4 is 15.4 Å². The lowest BCUT2D eigenvalue weighted by molar-refractivity contribution is -0.143. The Morgan fingerprint density at radius 2 is 1.83 bits per heavy atom. The minimum absolute atomic E-state index is 0.462. The molecule has 0 fully saturated rings. The van der Waals surface area contributed by atoms with E-state index in [1.54, 1.807) is 30.3 Å². The van der Waals surface area contributed by atoms with Crippen molar-refractivity contribution in [1.82, 2.24) is 10.6 Å². The fraction of sp³-hybridized carbons (Fsp3) is 0.353. The van der Waals surface area contributed by atoms with Crippen molar-refractivity contribution in [3.8, 4) is 5.75 Å². The summed E-state index contributed by atoms with van der Waals surface area (Å²) >= 11 is 0. The van der Waals surface area contributed by atoms with Crippen molar-refractivity contribution in [2.24, 2.45) is 0 Å². The van der Waals surface area contributed by atoms with Gasteiger partial charge in [-0.05, 0) is 37.1 Å². The second-order valence-electron chi connectivity index (χ2n) is 4.75. The molecule has 0 saturated carbocycles. The van der Waals surface area contributed by atoms with Crippen LogP contribution >= 0.6 is 0 Å². The number of carbonyl (C=O) groups is 3. The smallest absolute Gasteiger partial charge is 0.331 e. The SMILES string of the molecule is CCCNC(=O)NC(=O)COC(=O)/C=C/c1ccc(OCC)cc1. The van der Waals surface area contributed by atoms with E-state index >= 15 is 0 Å². The van der Waals surface area contributed by atoms with Crippen LogP contribution in [0.1, 0.15) is 25.8 Å². The number of carbonyl (C=O) groups excluding carboxylic acids is 3. The number of nitrogens with one attached hydrogen (secondary N) is 2. The molecule has 0 bridgehead atoms. The van der Waals surface area contributed by atoms with E-state index in [2.05, 4.69) is 10.6 Å². The lowest BCUT2D eigenvalue weighted by Crippen LogP contribution is -2.41. The quantitative estimate of drug-likeness (QED) is 0.559. The first-order chi connectivity index (χ1) is 11.5.